The molecule has 1 nitrogen and oxygen atoms in total. The molecule has 14 heavy (non-hydrogen) atoms. The molecule has 0 radical (unpaired) electrons. The SMILES string of the molecule is CCn1c(CS)cc2cccc(C)c21. The normalized spacial score (nSPS) is 11.1. The molecule has 0 aliphatic heterocycles. The first-order chi connectivity index (χ1) is 6.77. The van der Waals surface area contributed by atoms with E-state index in [0.29, 0.717) is 0 Å². The van der Waals surface area contributed by atoms with Crippen LogP contribution in [0, 0.1) is 6.92 Å². The van der Waals surface area contributed by atoms with E-state index in [9.17, 15) is 0 Å². The number of hydrogen-bond donors (Lipinski definition) is 1. The van der Waals surface area contributed by atoms with Crippen LogP contribution in [0.5, 0.6) is 0 Å². The molecule has 1 aromatic heterocycles. The molecule has 2 aromatic rings. The summed E-state index contributed by atoms with van der Waals surface area (Å²) in [5, 5.41) is 1.33. The van der Waals surface area contributed by atoms with Crippen molar-refractivity contribution < 1.29 is 0 Å². The van der Waals surface area contributed by atoms with E-state index in [1.165, 1.54) is 22.2 Å². The van der Waals surface area contributed by atoms with E-state index in [1.54, 1.807) is 0 Å². The lowest BCUT2D eigenvalue weighted by atomic mass is 10.2. The van der Waals surface area contributed by atoms with Crippen LogP contribution in [0.2, 0.25) is 0 Å². The van der Waals surface area contributed by atoms with Gasteiger partial charge in [-0.3, -0.25) is 0 Å². The van der Waals surface area contributed by atoms with Crippen LogP contribution in [-0.2, 0) is 12.3 Å². The van der Waals surface area contributed by atoms with Gasteiger partial charge in [0.05, 0.1) is 5.52 Å². The molecular formula is C12H15NS. The lowest BCUT2D eigenvalue weighted by molar-refractivity contribution is 0.764. The summed E-state index contributed by atoms with van der Waals surface area (Å²) in [4.78, 5) is 0. The highest BCUT2D eigenvalue weighted by atomic mass is 32.1. The predicted octanol–water partition coefficient (Wildman–Crippen LogP) is 3.40. The van der Waals surface area contributed by atoms with Gasteiger partial charge in [0, 0.05) is 23.4 Å². The molecule has 1 heterocycles. The second-order valence-electron chi connectivity index (χ2n) is 3.55. The first-order valence-corrected chi connectivity index (χ1v) is 5.59. The lowest BCUT2D eigenvalue weighted by Crippen LogP contribution is -1.99. The Balaban J connectivity index is 2.81. The van der Waals surface area contributed by atoms with E-state index in [1.807, 2.05) is 0 Å². The minimum absolute atomic E-state index is 0.808. The molecule has 0 unspecified atom stereocenters. The van der Waals surface area contributed by atoms with Crippen molar-refractivity contribution >= 4 is 23.5 Å². The van der Waals surface area contributed by atoms with Crippen LogP contribution in [0.15, 0.2) is 24.3 Å². The van der Waals surface area contributed by atoms with Gasteiger partial charge in [-0.05, 0) is 25.5 Å². The topological polar surface area (TPSA) is 4.93 Å². The van der Waals surface area contributed by atoms with Crippen LogP contribution in [0.4, 0.5) is 0 Å². The van der Waals surface area contributed by atoms with Crippen molar-refractivity contribution in [2.75, 3.05) is 0 Å². The zero-order valence-corrected chi connectivity index (χ0v) is 9.51. The van der Waals surface area contributed by atoms with Gasteiger partial charge in [-0.2, -0.15) is 12.6 Å². The first kappa shape index (κ1) is 9.66. The number of aromatic nitrogens is 1. The van der Waals surface area contributed by atoms with Gasteiger partial charge in [-0.15, -0.1) is 0 Å². The van der Waals surface area contributed by atoms with E-state index in [2.05, 4.69) is 55.3 Å². The van der Waals surface area contributed by atoms with Crippen molar-refractivity contribution in [3.63, 3.8) is 0 Å². The smallest absolute Gasteiger partial charge is 0.0512 e. The van der Waals surface area contributed by atoms with Crippen LogP contribution in [0.1, 0.15) is 18.2 Å². The van der Waals surface area contributed by atoms with Gasteiger partial charge < -0.3 is 4.57 Å². The fraction of sp³-hybridized carbons (Fsp3) is 0.333. The van der Waals surface area contributed by atoms with Gasteiger partial charge >= 0.3 is 0 Å². The van der Waals surface area contributed by atoms with Crippen molar-refractivity contribution in [3.05, 3.63) is 35.5 Å². The molecule has 0 saturated heterocycles. The molecule has 0 aliphatic rings. The molecule has 2 heteroatoms. The van der Waals surface area contributed by atoms with Gasteiger partial charge in [-0.25, -0.2) is 0 Å². The summed E-state index contributed by atoms with van der Waals surface area (Å²) in [6, 6.07) is 8.68. The number of thiol groups is 1. The second kappa shape index (κ2) is 3.70. The van der Waals surface area contributed by atoms with Gasteiger partial charge in [0.25, 0.3) is 0 Å². The van der Waals surface area contributed by atoms with Crippen LogP contribution in [0.3, 0.4) is 0 Å². The van der Waals surface area contributed by atoms with E-state index >= 15 is 0 Å². The van der Waals surface area contributed by atoms with Gasteiger partial charge in [0.15, 0.2) is 0 Å². The highest BCUT2D eigenvalue weighted by Crippen LogP contribution is 2.23. The first-order valence-electron chi connectivity index (χ1n) is 4.96. The predicted molar refractivity (Wildman–Crippen MR) is 65.0 cm³/mol. The van der Waals surface area contributed by atoms with Crippen molar-refractivity contribution in [1.29, 1.82) is 0 Å². The summed E-state index contributed by atoms with van der Waals surface area (Å²) in [6.07, 6.45) is 0. The van der Waals surface area contributed by atoms with Gasteiger partial charge in [0.2, 0.25) is 0 Å². The molecule has 0 fully saturated rings. The Morgan fingerprint density at radius 3 is 2.79 bits per heavy atom. The van der Waals surface area contributed by atoms with Crippen LogP contribution in [-0.4, -0.2) is 4.57 Å². The summed E-state index contributed by atoms with van der Waals surface area (Å²) in [5.41, 5.74) is 4.01. The summed E-state index contributed by atoms with van der Waals surface area (Å²) >= 11 is 4.36. The second-order valence-corrected chi connectivity index (χ2v) is 3.87. The van der Waals surface area contributed by atoms with Crippen molar-refractivity contribution in [3.8, 4) is 0 Å². The molecule has 0 amide bonds. The molecule has 2 rings (SSSR count). The largest absolute Gasteiger partial charge is 0.344 e. The maximum atomic E-state index is 4.36. The number of fused-ring (bicyclic) bond motifs is 1. The zero-order chi connectivity index (χ0) is 10.1. The Hall–Kier alpha value is -0.890. The highest BCUT2D eigenvalue weighted by molar-refractivity contribution is 7.79. The summed E-state index contributed by atoms with van der Waals surface area (Å²) in [6.45, 7) is 5.36. The molecule has 0 atom stereocenters. The third-order valence-corrected chi connectivity index (χ3v) is 3.01. The number of para-hydroxylation sites is 1. The molecule has 0 bridgehead atoms. The van der Waals surface area contributed by atoms with Gasteiger partial charge in [0.1, 0.15) is 0 Å². The molecular weight excluding hydrogens is 190 g/mol. The zero-order valence-electron chi connectivity index (χ0n) is 8.62. The summed E-state index contributed by atoms with van der Waals surface area (Å²) < 4.78 is 2.34. The minimum Gasteiger partial charge on any atom is -0.344 e. The standard InChI is InChI=1S/C12H15NS/c1-3-13-11(8-14)7-10-6-4-5-9(2)12(10)13/h4-7,14H,3,8H2,1-2H3. The van der Waals surface area contributed by atoms with Crippen LogP contribution in [0.25, 0.3) is 10.9 Å². The Labute approximate surface area is 90.1 Å². The molecule has 1 aromatic carbocycles. The Bertz CT molecular complexity index is 457. The minimum atomic E-state index is 0.808. The van der Waals surface area contributed by atoms with Crippen LogP contribution >= 0.6 is 12.6 Å². The fourth-order valence-electron chi connectivity index (χ4n) is 2.06. The average molecular weight is 205 g/mol. The lowest BCUT2D eigenvalue weighted by Gasteiger charge is -2.07. The average Bonchev–Trinajstić information content (AvgIpc) is 2.56. The number of aryl methyl sites for hydroxylation is 2. The number of benzene rings is 1. The van der Waals surface area contributed by atoms with E-state index in [0.717, 1.165) is 12.3 Å². The molecule has 0 aliphatic carbocycles. The summed E-state index contributed by atoms with van der Waals surface area (Å²) in [7, 11) is 0. The van der Waals surface area contributed by atoms with E-state index in [4.69, 9.17) is 0 Å². The van der Waals surface area contributed by atoms with Crippen molar-refractivity contribution in [2.45, 2.75) is 26.1 Å². The summed E-state index contributed by atoms with van der Waals surface area (Å²) in [5.74, 6) is 0.808. The van der Waals surface area contributed by atoms with Gasteiger partial charge in [-0.1, -0.05) is 18.2 Å². The molecule has 74 valence electrons. The maximum absolute atomic E-state index is 4.36. The molecule has 0 N–H and O–H groups in total. The third-order valence-electron chi connectivity index (χ3n) is 2.69. The monoisotopic (exact) mass is 205 g/mol. The Kier molecular flexibility index (Phi) is 2.55. The number of rotatable bonds is 2. The number of nitrogens with zero attached hydrogens (tertiary/aromatic N) is 1. The Morgan fingerprint density at radius 1 is 1.36 bits per heavy atom. The fourth-order valence-corrected chi connectivity index (χ4v) is 2.32. The van der Waals surface area contributed by atoms with Crippen molar-refractivity contribution in [1.82, 2.24) is 4.57 Å². The molecule has 0 spiro atoms. The van der Waals surface area contributed by atoms with E-state index < -0.39 is 0 Å². The highest BCUT2D eigenvalue weighted by Gasteiger charge is 2.07. The van der Waals surface area contributed by atoms with E-state index in [-0.39, 0.29) is 0 Å². The third kappa shape index (κ3) is 1.34. The maximum Gasteiger partial charge on any atom is 0.0512 e. The molecule has 0 saturated carbocycles. The Morgan fingerprint density at radius 2 is 2.14 bits per heavy atom. The van der Waals surface area contributed by atoms with Crippen molar-refractivity contribution in [2.24, 2.45) is 0 Å². The number of hydrogen-bond acceptors (Lipinski definition) is 1. The quantitative estimate of drug-likeness (QED) is 0.717. The van der Waals surface area contributed by atoms with Crippen LogP contribution < -0.4 is 0 Å².